The topological polar surface area (TPSA) is 58.6 Å². The highest BCUT2D eigenvalue weighted by Gasteiger charge is 2.43. The minimum atomic E-state index is -0.795. The van der Waals surface area contributed by atoms with Crippen LogP contribution in [0.5, 0.6) is 0 Å². The van der Waals surface area contributed by atoms with Gasteiger partial charge in [-0.25, -0.2) is 0 Å². The summed E-state index contributed by atoms with van der Waals surface area (Å²) in [6.07, 6.45) is 4.44. The van der Waals surface area contributed by atoms with Gasteiger partial charge in [0.1, 0.15) is 11.6 Å². The van der Waals surface area contributed by atoms with Crippen LogP contribution in [-0.2, 0) is 14.3 Å². The molecule has 5 nitrogen and oxygen atoms in total. The number of piperazine rings is 1. The summed E-state index contributed by atoms with van der Waals surface area (Å²) >= 11 is 0. The smallest absolute Gasteiger partial charge is 0.248 e. The number of hydrogen-bond donors (Lipinski definition) is 1. The Balaban J connectivity index is 1.96. The molecule has 2 heterocycles. The maximum Gasteiger partial charge on any atom is 0.248 e. The minimum Gasteiger partial charge on any atom is -0.378 e. The summed E-state index contributed by atoms with van der Waals surface area (Å²) in [5.41, 5.74) is -0.795. The summed E-state index contributed by atoms with van der Waals surface area (Å²) in [6, 6.07) is -0.385. The van der Waals surface area contributed by atoms with Crippen molar-refractivity contribution in [3.63, 3.8) is 0 Å². The predicted octanol–water partition coefficient (Wildman–Crippen LogP) is 1.07. The van der Waals surface area contributed by atoms with Crippen molar-refractivity contribution >= 4 is 11.8 Å². The minimum absolute atomic E-state index is 0.00425. The monoisotopic (exact) mass is 268 g/mol. The highest BCUT2D eigenvalue weighted by molar-refractivity contribution is 5.99. The molecule has 2 aliphatic heterocycles. The van der Waals surface area contributed by atoms with E-state index in [1.807, 2.05) is 0 Å². The number of carbonyl (C=O) groups excluding carboxylic acids is 2. The first-order valence-electron chi connectivity index (χ1n) is 7.16. The van der Waals surface area contributed by atoms with Crippen LogP contribution >= 0.6 is 0 Å². The molecule has 2 rings (SSSR count). The van der Waals surface area contributed by atoms with Crippen molar-refractivity contribution in [2.45, 2.75) is 64.1 Å². The van der Waals surface area contributed by atoms with Crippen molar-refractivity contribution in [1.29, 1.82) is 0 Å². The Bertz CT molecular complexity index is 362. The fourth-order valence-electron chi connectivity index (χ4n) is 2.76. The Hall–Kier alpha value is -1.10. The Kier molecular flexibility index (Phi) is 4.13. The van der Waals surface area contributed by atoms with E-state index in [-0.39, 0.29) is 24.0 Å². The summed E-state index contributed by atoms with van der Waals surface area (Å²) in [5, 5.41) is 2.76. The molecule has 0 saturated carbocycles. The van der Waals surface area contributed by atoms with E-state index in [0.717, 1.165) is 25.9 Å². The van der Waals surface area contributed by atoms with E-state index >= 15 is 0 Å². The molecule has 0 aromatic heterocycles. The molecule has 2 atom stereocenters. The standard InChI is InChI=1S/C14H24N2O3/c1-10-12(17)15-14(2,3)13(18)16(10)8-7-11-6-4-5-9-19-11/h10-11H,4-9H2,1-3H3,(H,15,17). The number of rotatable bonds is 3. The second kappa shape index (κ2) is 5.49. The molecule has 0 aliphatic carbocycles. The van der Waals surface area contributed by atoms with Crippen LogP contribution in [0.1, 0.15) is 46.5 Å². The summed E-state index contributed by atoms with van der Waals surface area (Å²) in [5.74, 6) is -0.0791. The van der Waals surface area contributed by atoms with Crippen molar-refractivity contribution in [3.8, 4) is 0 Å². The lowest BCUT2D eigenvalue weighted by Crippen LogP contribution is -2.67. The van der Waals surface area contributed by atoms with E-state index in [2.05, 4.69) is 5.32 Å². The fourth-order valence-corrected chi connectivity index (χ4v) is 2.76. The van der Waals surface area contributed by atoms with Gasteiger partial charge in [-0.2, -0.15) is 0 Å². The number of carbonyl (C=O) groups is 2. The lowest BCUT2D eigenvalue weighted by molar-refractivity contribution is -0.153. The molecule has 5 heteroatoms. The molecule has 108 valence electrons. The predicted molar refractivity (Wildman–Crippen MR) is 71.6 cm³/mol. The van der Waals surface area contributed by atoms with E-state index in [1.165, 1.54) is 6.42 Å². The Morgan fingerprint density at radius 1 is 1.37 bits per heavy atom. The molecule has 2 amide bonds. The molecular weight excluding hydrogens is 244 g/mol. The van der Waals surface area contributed by atoms with E-state index in [9.17, 15) is 9.59 Å². The van der Waals surface area contributed by atoms with Gasteiger partial charge in [-0.05, 0) is 46.5 Å². The maximum absolute atomic E-state index is 12.3. The first-order chi connectivity index (χ1) is 8.92. The zero-order valence-corrected chi connectivity index (χ0v) is 12.1. The number of ether oxygens (including phenoxy) is 1. The van der Waals surface area contributed by atoms with Gasteiger partial charge in [0.25, 0.3) is 0 Å². The Morgan fingerprint density at radius 2 is 2.11 bits per heavy atom. The van der Waals surface area contributed by atoms with Gasteiger partial charge in [0, 0.05) is 13.2 Å². The highest BCUT2D eigenvalue weighted by atomic mass is 16.5. The normalized spacial score (nSPS) is 31.2. The van der Waals surface area contributed by atoms with Crippen LogP contribution in [0.4, 0.5) is 0 Å². The highest BCUT2D eigenvalue weighted by Crippen LogP contribution is 2.21. The van der Waals surface area contributed by atoms with Crippen LogP contribution < -0.4 is 5.32 Å². The second-order valence-corrected chi connectivity index (χ2v) is 6.07. The van der Waals surface area contributed by atoms with Crippen LogP contribution in [0.15, 0.2) is 0 Å². The molecule has 19 heavy (non-hydrogen) atoms. The van der Waals surface area contributed by atoms with Crippen molar-refractivity contribution in [2.24, 2.45) is 0 Å². The Morgan fingerprint density at radius 3 is 2.74 bits per heavy atom. The third kappa shape index (κ3) is 3.08. The van der Waals surface area contributed by atoms with Gasteiger partial charge in [0.05, 0.1) is 6.10 Å². The van der Waals surface area contributed by atoms with Gasteiger partial charge in [-0.3, -0.25) is 9.59 Å². The average Bonchev–Trinajstić information content (AvgIpc) is 2.37. The molecular formula is C14H24N2O3. The molecule has 0 aromatic rings. The third-order valence-electron chi connectivity index (χ3n) is 4.04. The van der Waals surface area contributed by atoms with Crippen LogP contribution in [0, 0.1) is 0 Å². The van der Waals surface area contributed by atoms with Crippen molar-refractivity contribution in [1.82, 2.24) is 10.2 Å². The lowest BCUT2D eigenvalue weighted by Gasteiger charge is -2.42. The van der Waals surface area contributed by atoms with Gasteiger partial charge in [0.15, 0.2) is 0 Å². The summed E-state index contributed by atoms with van der Waals surface area (Å²) in [7, 11) is 0. The number of amides is 2. The molecule has 2 unspecified atom stereocenters. The molecule has 0 spiro atoms. The SMILES string of the molecule is CC1C(=O)NC(C)(C)C(=O)N1CCC1CCCCO1. The zero-order valence-electron chi connectivity index (χ0n) is 12.1. The van der Waals surface area contributed by atoms with E-state index < -0.39 is 5.54 Å². The zero-order chi connectivity index (χ0) is 14.0. The summed E-state index contributed by atoms with van der Waals surface area (Å²) in [6.45, 7) is 6.71. The fraction of sp³-hybridized carbons (Fsp3) is 0.857. The van der Waals surface area contributed by atoms with E-state index in [0.29, 0.717) is 6.54 Å². The molecule has 0 radical (unpaired) electrons. The second-order valence-electron chi connectivity index (χ2n) is 6.07. The molecule has 2 saturated heterocycles. The number of nitrogens with one attached hydrogen (secondary N) is 1. The number of hydrogen-bond acceptors (Lipinski definition) is 3. The third-order valence-corrected chi connectivity index (χ3v) is 4.04. The molecule has 0 bridgehead atoms. The Labute approximate surface area is 114 Å². The first kappa shape index (κ1) is 14.3. The average molecular weight is 268 g/mol. The van der Waals surface area contributed by atoms with Gasteiger partial charge >= 0.3 is 0 Å². The van der Waals surface area contributed by atoms with Crippen molar-refractivity contribution < 1.29 is 14.3 Å². The molecule has 0 aromatic carbocycles. The maximum atomic E-state index is 12.3. The van der Waals surface area contributed by atoms with Crippen LogP contribution in [0.3, 0.4) is 0 Å². The summed E-state index contributed by atoms with van der Waals surface area (Å²) in [4.78, 5) is 25.9. The summed E-state index contributed by atoms with van der Waals surface area (Å²) < 4.78 is 5.68. The van der Waals surface area contributed by atoms with Crippen molar-refractivity contribution in [3.05, 3.63) is 0 Å². The first-order valence-corrected chi connectivity index (χ1v) is 7.16. The molecule has 2 fully saturated rings. The van der Waals surface area contributed by atoms with Gasteiger partial charge in [-0.1, -0.05) is 0 Å². The van der Waals surface area contributed by atoms with Crippen LogP contribution in [0.25, 0.3) is 0 Å². The van der Waals surface area contributed by atoms with Gasteiger partial charge in [-0.15, -0.1) is 0 Å². The quantitative estimate of drug-likeness (QED) is 0.833. The van der Waals surface area contributed by atoms with Crippen LogP contribution in [0.2, 0.25) is 0 Å². The van der Waals surface area contributed by atoms with Crippen molar-refractivity contribution in [2.75, 3.05) is 13.2 Å². The molecule has 2 aliphatic rings. The van der Waals surface area contributed by atoms with E-state index in [1.54, 1.807) is 25.7 Å². The molecule has 1 N–H and O–H groups in total. The van der Waals surface area contributed by atoms with E-state index in [4.69, 9.17) is 4.74 Å². The number of nitrogens with zero attached hydrogens (tertiary/aromatic N) is 1. The van der Waals surface area contributed by atoms with Gasteiger partial charge in [0.2, 0.25) is 11.8 Å². The largest absolute Gasteiger partial charge is 0.378 e. The van der Waals surface area contributed by atoms with Gasteiger partial charge < -0.3 is 15.0 Å². The van der Waals surface area contributed by atoms with Crippen LogP contribution in [-0.4, -0.2) is 47.6 Å². The lowest BCUT2D eigenvalue weighted by atomic mass is 9.96.